The van der Waals surface area contributed by atoms with Gasteiger partial charge in [0.25, 0.3) is 5.91 Å². The summed E-state index contributed by atoms with van der Waals surface area (Å²) in [6, 6.07) is 5.06. The Morgan fingerprint density at radius 3 is 2.90 bits per heavy atom. The first kappa shape index (κ1) is 18.8. The minimum Gasteiger partial charge on any atom is -0.383 e. The maximum atomic E-state index is 13.0. The minimum atomic E-state index is -3.38. The number of hydrogen-bond acceptors (Lipinski definition) is 8. The summed E-state index contributed by atoms with van der Waals surface area (Å²) in [4.78, 5) is 19.5. The summed E-state index contributed by atoms with van der Waals surface area (Å²) in [7, 11) is -3.38. The first-order valence-electron chi connectivity index (χ1n) is 9.60. The van der Waals surface area contributed by atoms with Crippen molar-refractivity contribution in [2.24, 2.45) is 0 Å². The number of fused-ring (bicyclic) bond motifs is 2. The Hall–Kier alpha value is -3.18. The van der Waals surface area contributed by atoms with Crippen LogP contribution in [0.2, 0.25) is 0 Å². The molecule has 30 heavy (non-hydrogen) atoms. The molecule has 0 bridgehead atoms. The van der Waals surface area contributed by atoms with E-state index in [9.17, 15) is 13.2 Å². The van der Waals surface area contributed by atoms with E-state index in [1.165, 1.54) is 10.7 Å². The molecule has 0 spiro atoms. The number of benzene rings is 1. The molecule has 1 fully saturated rings. The van der Waals surface area contributed by atoms with Crippen LogP contribution < -0.4 is 15.5 Å². The number of rotatable bonds is 3. The second-order valence-electron chi connectivity index (χ2n) is 7.11. The summed E-state index contributed by atoms with van der Waals surface area (Å²) in [5.74, 6) is -0.320. The number of aromatic nitrogens is 3. The van der Waals surface area contributed by atoms with Gasteiger partial charge in [0, 0.05) is 32.0 Å². The van der Waals surface area contributed by atoms with Crippen LogP contribution in [0.5, 0.6) is 0 Å². The standard InChI is InChI=1S/C19H20N6O4S/c26-19(13-12-22-25-4-1-2-21-18(13)25)23-14-10-15-17(30(27,28)9-3-20-15)11-16(14)24-5-7-29-8-6-24/h1-2,4,10-12,20H,3,5-9H2,(H,23,26). The Morgan fingerprint density at radius 1 is 1.23 bits per heavy atom. The normalized spacial score (nSPS) is 17.9. The molecule has 1 amide bonds. The van der Waals surface area contributed by atoms with Crippen molar-refractivity contribution in [3.63, 3.8) is 0 Å². The summed E-state index contributed by atoms with van der Waals surface area (Å²) in [5.41, 5.74) is 2.46. The van der Waals surface area contributed by atoms with E-state index in [1.54, 1.807) is 30.6 Å². The molecular weight excluding hydrogens is 408 g/mol. The molecule has 2 aliphatic heterocycles. The van der Waals surface area contributed by atoms with Crippen LogP contribution >= 0.6 is 0 Å². The lowest BCUT2D eigenvalue weighted by Gasteiger charge is -2.32. The highest BCUT2D eigenvalue weighted by molar-refractivity contribution is 7.91. The number of hydrogen-bond donors (Lipinski definition) is 2. The molecular formula is C19H20N6O4S. The van der Waals surface area contributed by atoms with E-state index in [4.69, 9.17) is 4.74 Å². The lowest BCUT2D eigenvalue weighted by molar-refractivity contribution is 0.102. The average Bonchev–Trinajstić information content (AvgIpc) is 3.18. The van der Waals surface area contributed by atoms with Crippen molar-refractivity contribution in [3.05, 3.63) is 42.4 Å². The van der Waals surface area contributed by atoms with Crippen LogP contribution in [0.1, 0.15) is 10.4 Å². The molecule has 10 nitrogen and oxygen atoms in total. The first-order valence-corrected chi connectivity index (χ1v) is 11.3. The highest BCUT2D eigenvalue weighted by Gasteiger charge is 2.28. The third-order valence-electron chi connectivity index (χ3n) is 5.24. The second kappa shape index (κ2) is 7.26. The molecule has 2 aliphatic rings. The van der Waals surface area contributed by atoms with Crippen LogP contribution in [0.4, 0.5) is 17.1 Å². The zero-order chi connectivity index (χ0) is 20.7. The molecule has 5 rings (SSSR count). The van der Waals surface area contributed by atoms with E-state index < -0.39 is 9.84 Å². The van der Waals surface area contributed by atoms with Crippen LogP contribution in [-0.4, -0.2) is 67.5 Å². The van der Waals surface area contributed by atoms with Gasteiger partial charge in [-0.15, -0.1) is 0 Å². The number of nitrogens with one attached hydrogen (secondary N) is 2. The van der Waals surface area contributed by atoms with Gasteiger partial charge in [-0.1, -0.05) is 0 Å². The number of nitrogens with zero attached hydrogens (tertiary/aromatic N) is 4. The van der Waals surface area contributed by atoms with Gasteiger partial charge in [-0.3, -0.25) is 4.79 Å². The smallest absolute Gasteiger partial charge is 0.261 e. The van der Waals surface area contributed by atoms with E-state index in [2.05, 4.69) is 20.7 Å². The Labute approximate surface area is 172 Å². The summed E-state index contributed by atoms with van der Waals surface area (Å²) >= 11 is 0. The van der Waals surface area contributed by atoms with E-state index in [0.29, 0.717) is 61.1 Å². The Morgan fingerprint density at radius 2 is 2.07 bits per heavy atom. The maximum Gasteiger partial charge on any atom is 0.261 e. The second-order valence-corrected chi connectivity index (χ2v) is 9.19. The molecule has 1 saturated heterocycles. The first-order chi connectivity index (χ1) is 14.5. The molecule has 2 N–H and O–H groups in total. The van der Waals surface area contributed by atoms with E-state index >= 15 is 0 Å². The molecule has 0 radical (unpaired) electrons. The Kier molecular flexibility index (Phi) is 4.55. The molecule has 156 valence electrons. The lowest BCUT2D eigenvalue weighted by Crippen LogP contribution is -2.37. The summed E-state index contributed by atoms with van der Waals surface area (Å²) < 4.78 is 32.1. The molecule has 3 aromatic rings. The molecule has 0 saturated carbocycles. The predicted molar refractivity (Wildman–Crippen MR) is 111 cm³/mol. The fraction of sp³-hybridized carbons (Fsp3) is 0.316. The molecule has 0 aliphatic carbocycles. The molecule has 1 aromatic carbocycles. The topological polar surface area (TPSA) is 118 Å². The van der Waals surface area contributed by atoms with Crippen LogP contribution in [0.15, 0.2) is 41.7 Å². The monoisotopic (exact) mass is 428 g/mol. The van der Waals surface area contributed by atoms with Gasteiger partial charge in [0.05, 0.1) is 47.1 Å². The van der Waals surface area contributed by atoms with Crippen LogP contribution in [0, 0.1) is 0 Å². The van der Waals surface area contributed by atoms with Gasteiger partial charge in [-0.25, -0.2) is 17.9 Å². The van der Waals surface area contributed by atoms with Crippen LogP contribution in [0.25, 0.3) is 5.65 Å². The molecule has 4 heterocycles. The van der Waals surface area contributed by atoms with E-state index in [1.807, 2.05) is 4.90 Å². The zero-order valence-electron chi connectivity index (χ0n) is 16.0. The minimum absolute atomic E-state index is 0.0440. The highest BCUT2D eigenvalue weighted by Crippen LogP contribution is 2.37. The van der Waals surface area contributed by atoms with Gasteiger partial charge in [0.1, 0.15) is 5.56 Å². The van der Waals surface area contributed by atoms with Gasteiger partial charge in [-0.05, 0) is 18.2 Å². The summed E-state index contributed by atoms with van der Waals surface area (Å²) in [5, 5.41) is 10.2. The molecule has 0 unspecified atom stereocenters. The Balaban J connectivity index is 1.57. The van der Waals surface area contributed by atoms with Crippen molar-refractivity contribution in [2.75, 3.05) is 54.1 Å². The Bertz CT molecular complexity index is 1230. The summed E-state index contributed by atoms with van der Waals surface area (Å²) in [6.45, 7) is 2.61. The van der Waals surface area contributed by atoms with E-state index in [-0.39, 0.29) is 16.6 Å². The predicted octanol–water partition coefficient (Wildman–Crippen LogP) is 1.02. The van der Waals surface area contributed by atoms with Gasteiger partial charge < -0.3 is 20.3 Å². The van der Waals surface area contributed by atoms with Crippen LogP contribution in [-0.2, 0) is 14.6 Å². The van der Waals surface area contributed by atoms with Crippen molar-refractivity contribution in [2.45, 2.75) is 4.90 Å². The zero-order valence-corrected chi connectivity index (χ0v) is 16.9. The third-order valence-corrected chi connectivity index (χ3v) is 6.99. The van der Waals surface area contributed by atoms with Crippen molar-refractivity contribution >= 4 is 38.5 Å². The van der Waals surface area contributed by atoms with Gasteiger partial charge in [0.2, 0.25) is 0 Å². The quantitative estimate of drug-likeness (QED) is 0.635. The maximum absolute atomic E-state index is 13.0. The number of amides is 1. The molecule has 2 aromatic heterocycles. The van der Waals surface area contributed by atoms with Crippen LogP contribution in [0.3, 0.4) is 0 Å². The fourth-order valence-corrected chi connectivity index (χ4v) is 5.09. The number of sulfone groups is 1. The number of anilines is 3. The van der Waals surface area contributed by atoms with Gasteiger partial charge in [-0.2, -0.15) is 5.10 Å². The number of morpholine rings is 1. The van der Waals surface area contributed by atoms with Crippen molar-refractivity contribution in [3.8, 4) is 0 Å². The third kappa shape index (κ3) is 3.25. The molecule has 0 atom stereocenters. The van der Waals surface area contributed by atoms with Gasteiger partial charge in [0.15, 0.2) is 15.5 Å². The van der Waals surface area contributed by atoms with Gasteiger partial charge >= 0.3 is 0 Å². The SMILES string of the molecule is O=C(Nc1cc2c(cc1N1CCOCC1)S(=O)(=O)CCN2)c1cnn2cccnc12. The molecule has 11 heteroatoms. The lowest BCUT2D eigenvalue weighted by atomic mass is 10.2. The largest absolute Gasteiger partial charge is 0.383 e. The summed E-state index contributed by atoms with van der Waals surface area (Å²) in [6.07, 6.45) is 4.78. The highest BCUT2D eigenvalue weighted by atomic mass is 32.2. The van der Waals surface area contributed by atoms with Crippen molar-refractivity contribution < 1.29 is 17.9 Å². The number of ether oxygens (including phenoxy) is 1. The number of carbonyl (C=O) groups is 1. The average molecular weight is 428 g/mol. The van der Waals surface area contributed by atoms with Crippen molar-refractivity contribution in [1.29, 1.82) is 0 Å². The van der Waals surface area contributed by atoms with Crippen molar-refractivity contribution in [1.82, 2.24) is 14.6 Å². The fourth-order valence-electron chi connectivity index (χ4n) is 3.74. The van der Waals surface area contributed by atoms with E-state index in [0.717, 1.165) is 0 Å². The number of carbonyl (C=O) groups excluding carboxylic acids is 1.